The molecule has 4 heterocycles. The van der Waals surface area contributed by atoms with Gasteiger partial charge in [0.25, 0.3) is 0 Å². The second-order valence-electron chi connectivity index (χ2n) is 7.92. The first-order chi connectivity index (χ1) is 14.1. The molecule has 8 nitrogen and oxygen atoms in total. The number of likely N-dealkylation sites (tertiary alicyclic amines) is 2. The Kier molecular flexibility index (Phi) is 4.34. The third kappa shape index (κ3) is 3.08. The van der Waals surface area contributed by atoms with Crippen molar-refractivity contribution in [1.82, 2.24) is 29.8 Å². The molecule has 0 unspecified atom stereocenters. The fraction of sp³-hybridized carbons (Fsp3) is 0.429. The highest BCUT2D eigenvalue weighted by Gasteiger charge is 2.47. The molecule has 2 atom stereocenters. The van der Waals surface area contributed by atoms with Crippen LogP contribution >= 0.6 is 0 Å². The number of aromatic amines is 1. The van der Waals surface area contributed by atoms with Gasteiger partial charge in [-0.25, -0.2) is 0 Å². The van der Waals surface area contributed by atoms with Gasteiger partial charge in [0.15, 0.2) is 0 Å². The van der Waals surface area contributed by atoms with Gasteiger partial charge in [0.2, 0.25) is 11.8 Å². The Morgan fingerprint density at radius 2 is 2.10 bits per heavy atom. The van der Waals surface area contributed by atoms with Crippen molar-refractivity contribution in [1.29, 1.82) is 0 Å². The van der Waals surface area contributed by atoms with Crippen LogP contribution in [0, 0.1) is 6.92 Å². The van der Waals surface area contributed by atoms with Crippen LogP contribution < -0.4 is 0 Å². The molecule has 1 aromatic carbocycles. The summed E-state index contributed by atoms with van der Waals surface area (Å²) in [7, 11) is 0. The van der Waals surface area contributed by atoms with Crippen molar-refractivity contribution in [3.05, 3.63) is 47.9 Å². The average molecular weight is 392 g/mol. The van der Waals surface area contributed by atoms with Crippen molar-refractivity contribution in [2.75, 3.05) is 13.1 Å². The van der Waals surface area contributed by atoms with Crippen LogP contribution in [0.25, 0.3) is 10.9 Å². The summed E-state index contributed by atoms with van der Waals surface area (Å²) in [5, 5.41) is 8.88. The van der Waals surface area contributed by atoms with Crippen molar-refractivity contribution in [2.24, 2.45) is 0 Å². The van der Waals surface area contributed by atoms with E-state index in [2.05, 4.69) is 21.4 Å². The Labute approximate surface area is 168 Å². The average Bonchev–Trinajstić information content (AvgIpc) is 3.46. The largest absolute Gasteiger partial charge is 0.358 e. The van der Waals surface area contributed by atoms with Gasteiger partial charge in [-0.15, -0.1) is 5.10 Å². The van der Waals surface area contributed by atoms with E-state index in [4.69, 9.17) is 0 Å². The number of hydrogen-bond acceptors (Lipinski definition) is 4. The fourth-order valence-corrected chi connectivity index (χ4v) is 4.91. The highest BCUT2D eigenvalue weighted by atomic mass is 16.2. The SMILES string of the molecule is Cc1[nH]c2ccccc2c1CC(=O)N1CC[C@H]2[C@@H]1CC(=O)N2CCn1ccnn1. The number of H-pyrrole nitrogens is 1. The molecular formula is C21H24N6O2. The summed E-state index contributed by atoms with van der Waals surface area (Å²) in [6, 6.07) is 8.17. The lowest BCUT2D eigenvalue weighted by Crippen LogP contribution is -2.41. The number of amides is 2. The van der Waals surface area contributed by atoms with E-state index in [9.17, 15) is 9.59 Å². The molecule has 150 valence electrons. The number of rotatable bonds is 5. The summed E-state index contributed by atoms with van der Waals surface area (Å²) >= 11 is 0. The van der Waals surface area contributed by atoms with Crippen LogP contribution in [-0.2, 0) is 22.6 Å². The molecule has 1 N–H and O–H groups in total. The zero-order valence-corrected chi connectivity index (χ0v) is 16.4. The minimum absolute atomic E-state index is 0.0174. The predicted molar refractivity (Wildman–Crippen MR) is 107 cm³/mol. The number of nitrogens with one attached hydrogen (secondary N) is 1. The summed E-state index contributed by atoms with van der Waals surface area (Å²) in [5.41, 5.74) is 3.15. The van der Waals surface area contributed by atoms with E-state index in [0.717, 1.165) is 28.6 Å². The number of fused-ring (bicyclic) bond motifs is 2. The van der Waals surface area contributed by atoms with Gasteiger partial charge in [0, 0.05) is 42.3 Å². The maximum atomic E-state index is 13.2. The van der Waals surface area contributed by atoms with Crippen molar-refractivity contribution >= 4 is 22.7 Å². The Hall–Kier alpha value is -3.16. The summed E-state index contributed by atoms with van der Waals surface area (Å²) in [5.74, 6) is 0.233. The molecule has 2 aromatic heterocycles. The molecule has 2 amide bonds. The molecular weight excluding hydrogens is 368 g/mol. The Balaban J connectivity index is 1.29. The maximum absolute atomic E-state index is 13.2. The van der Waals surface area contributed by atoms with Crippen LogP contribution in [0.1, 0.15) is 24.1 Å². The molecule has 0 spiro atoms. The van der Waals surface area contributed by atoms with Gasteiger partial charge in [-0.2, -0.15) is 0 Å². The monoisotopic (exact) mass is 392 g/mol. The third-order valence-corrected chi connectivity index (χ3v) is 6.33. The smallest absolute Gasteiger partial charge is 0.227 e. The molecule has 5 rings (SSSR count). The summed E-state index contributed by atoms with van der Waals surface area (Å²) < 4.78 is 1.73. The first-order valence-electron chi connectivity index (χ1n) is 10.1. The van der Waals surface area contributed by atoms with Crippen LogP contribution in [0.3, 0.4) is 0 Å². The van der Waals surface area contributed by atoms with Crippen molar-refractivity contribution in [2.45, 2.75) is 44.8 Å². The summed E-state index contributed by atoms with van der Waals surface area (Å²) in [6.07, 6.45) is 5.06. The second-order valence-corrected chi connectivity index (χ2v) is 7.92. The van der Waals surface area contributed by atoms with E-state index in [1.165, 1.54) is 0 Å². The topological polar surface area (TPSA) is 87.1 Å². The normalized spacial score (nSPS) is 21.3. The Morgan fingerprint density at radius 3 is 2.93 bits per heavy atom. The summed E-state index contributed by atoms with van der Waals surface area (Å²) in [4.78, 5) is 33.0. The number of hydrogen-bond donors (Lipinski definition) is 1. The van der Waals surface area contributed by atoms with Gasteiger partial charge in [-0.1, -0.05) is 23.4 Å². The highest BCUT2D eigenvalue weighted by molar-refractivity contribution is 5.91. The van der Waals surface area contributed by atoms with E-state index in [1.54, 1.807) is 17.1 Å². The number of benzene rings is 1. The number of carbonyl (C=O) groups is 2. The van der Waals surface area contributed by atoms with E-state index in [-0.39, 0.29) is 23.9 Å². The number of aryl methyl sites for hydroxylation is 1. The molecule has 0 radical (unpaired) electrons. The van der Waals surface area contributed by atoms with Crippen LogP contribution in [0.5, 0.6) is 0 Å². The van der Waals surface area contributed by atoms with Gasteiger partial charge in [0.05, 0.1) is 31.2 Å². The Bertz CT molecular complexity index is 1060. The Morgan fingerprint density at radius 1 is 1.24 bits per heavy atom. The van der Waals surface area contributed by atoms with E-state index < -0.39 is 0 Å². The molecule has 2 saturated heterocycles. The van der Waals surface area contributed by atoms with Crippen LogP contribution in [0.4, 0.5) is 0 Å². The lowest BCUT2D eigenvalue weighted by Gasteiger charge is -2.25. The molecule has 0 bridgehead atoms. The zero-order chi connectivity index (χ0) is 20.0. The number of aromatic nitrogens is 4. The quantitative estimate of drug-likeness (QED) is 0.713. The standard InChI is InChI=1S/C21H24N6O2/c1-14-16(15-4-2-3-5-17(15)23-14)12-20(28)26-8-6-18-19(26)13-21(29)27(18)11-10-25-9-7-22-24-25/h2-5,7,9,18-19,23H,6,8,10-13H2,1H3/t18-,19-/m0/s1. The van der Waals surface area contributed by atoms with Gasteiger partial charge in [-0.05, 0) is 25.0 Å². The minimum Gasteiger partial charge on any atom is -0.358 e. The van der Waals surface area contributed by atoms with Crippen molar-refractivity contribution < 1.29 is 9.59 Å². The van der Waals surface area contributed by atoms with Crippen LogP contribution in [0.15, 0.2) is 36.7 Å². The minimum atomic E-state index is -0.0174. The molecule has 2 aliphatic heterocycles. The van der Waals surface area contributed by atoms with E-state index >= 15 is 0 Å². The fourth-order valence-electron chi connectivity index (χ4n) is 4.91. The number of carbonyl (C=O) groups excluding carboxylic acids is 2. The predicted octanol–water partition coefficient (Wildman–Crippen LogP) is 1.51. The first kappa shape index (κ1) is 17.9. The van der Waals surface area contributed by atoms with Gasteiger partial charge < -0.3 is 14.8 Å². The lowest BCUT2D eigenvalue weighted by atomic mass is 10.1. The van der Waals surface area contributed by atoms with Gasteiger partial charge >= 0.3 is 0 Å². The number of para-hydroxylation sites is 1. The van der Waals surface area contributed by atoms with Crippen molar-refractivity contribution in [3.63, 3.8) is 0 Å². The molecule has 0 saturated carbocycles. The molecule has 29 heavy (non-hydrogen) atoms. The molecule has 3 aromatic rings. The lowest BCUT2D eigenvalue weighted by molar-refractivity contribution is -0.131. The second kappa shape index (κ2) is 7.02. The first-order valence-corrected chi connectivity index (χ1v) is 10.1. The van der Waals surface area contributed by atoms with E-state index in [1.807, 2.05) is 34.9 Å². The van der Waals surface area contributed by atoms with Gasteiger partial charge in [-0.3, -0.25) is 14.3 Å². The van der Waals surface area contributed by atoms with Crippen molar-refractivity contribution in [3.8, 4) is 0 Å². The van der Waals surface area contributed by atoms with Crippen LogP contribution in [0.2, 0.25) is 0 Å². The third-order valence-electron chi connectivity index (χ3n) is 6.33. The highest BCUT2D eigenvalue weighted by Crippen LogP contribution is 2.33. The molecule has 2 fully saturated rings. The number of nitrogens with zero attached hydrogens (tertiary/aromatic N) is 5. The molecule has 8 heteroatoms. The summed E-state index contributed by atoms with van der Waals surface area (Å²) in [6.45, 7) is 3.95. The van der Waals surface area contributed by atoms with Gasteiger partial charge in [0.1, 0.15) is 0 Å². The zero-order valence-electron chi connectivity index (χ0n) is 16.4. The van der Waals surface area contributed by atoms with Crippen LogP contribution in [-0.4, -0.2) is 66.8 Å². The maximum Gasteiger partial charge on any atom is 0.227 e. The molecule has 0 aliphatic carbocycles. The van der Waals surface area contributed by atoms with E-state index in [0.29, 0.717) is 32.5 Å². The molecule has 2 aliphatic rings.